The van der Waals surface area contributed by atoms with E-state index in [2.05, 4.69) is 0 Å². The van der Waals surface area contributed by atoms with Crippen LogP contribution in [0.2, 0.25) is 0 Å². The zero-order chi connectivity index (χ0) is 14.0. The molecule has 1 aliphatic rings. The number of hydrogen-bond acceptors (Lipinski definition) is 3. The molecule has 100 valence electrons. The molecule has 1 heterocycles. The van der Waals surface area contributed by atoms with Crippen molar-refractivity contribution >= 4 is 34.4 Å². The Morgan fingerprint density at radius 2 is 2.26 bits per heavy atom. The molecule has 1 atom stereocenters. The van der Waals surface area contributed by atoms with Gasteiger partial charge in [0.15, 0.2) is 0 Å². The van der Waals surface area contributed by atoms with Gasteiger partial charge in [0, 0.05) is 6.42 Å². The monoisotopic (exact) mass is 371 g/mol. The molecule has 1 aliphatic heterocycles. The fourth-order valence-electron chi connectivity index (χ4n) is 2.00. The highest BCUT2D eigenvalue weighted by molar-refractivity contribution is 14.1. The number of nitrogens with zero attached hydrogens (tertiary/aromatic N) is 1. The quantitative estimate of drug-likeness (QED) is 0.344. The molecule has 0 spiro atoms. The van der Waals surface area contributed by atoms with Crippen molar-refractivity contribution in [2.75, 3.05) is 0 Å². The van der Waals surface area contributed by atoms with E-state index in [9.17, 15) is 10.1 Å². The Morgan fingerprint density at radius 3 is 2.89 bits per heavy atom. The summed E-state index contributed by atoms with van der Waals surface area (Å²) in [5.41, 5.74) is 0.220. The van der Waals surface area contributed by atoms with Gasteiger partial charge in [0.25, 0.3) is 5.69 Å². The molecule has 2 rings (SSSR count). The Labute approximate surface area is 125 Å². The highest BCUT2D eigenvalue weighted by atomic mass is 127. The lowest BCUT2D eigenvalue weighted by Gasteiger charge is -2.30. The zero-order valence-corrected chi connectivity index (χ0v) is 12.9. The van der Waals surface area contributed by atoms with Crippen LogP contribution >= 0.6 is 22.6 Å². The van der Waals surface area contributed by atoms with Crippen LogP contribution < -0.4 is 4.74 Å². The molecule has 0 radical (unpaired) electrons. The minimum atomic E-state index is -0.444. The Morgan fingerprint density at radius 1 is 1.53 bits per heavy atom. The van der Waals surface area contributed by atoms with E-state index in [0.717, 1.165) is 6.42 Å². The first-order valence-electron chi connectivity index (χ1n) is 5.93. The zero-order valence-electron chi connectivity index (χ0n) is 10.7. The predicted molar refractivity (Wildman–Crippen MR) is 83.3 cm³/mol. The molecular formula is C14H14INO3. The fourth-order valence-corrected chi connectivity index (χ4v) is 2.67. The highest BCUT2D eigenvalue weighted by Gasteiger charge is 2.31. The maximum absolute atomic E-state index is 11.1. The molecular weight excluding hydrogens is 357 g/mol. The molecule has 0 aliphatic carbocycles. The Balaban J connectivity index is 2.45. The van der Waals surface area contributed by atoms with Crippen molar-refractivity contribution in [1.82, 2.24) is 0 Å². The lowest BCUT2D eigenvalue weighted by Crippen LogP contribution is -2.31. The second-order valence-electron chi connectivity index (χ2n) is 4.59. The fraction of sp³-hybridized carbons (Fsp3) is 0.286. The molecule has 0 amide bonds. The SMILES string of the molecule is CC=CCC1(C)C=Cc2c(ccc(I)c2[N+](=O)[O-])O1. The first-order valence-corrected chi connectivity index (χ1v) is 7.01. The van der Waals surface area contributed by atoms with E-state index < -0.39 is 5.60 Å². The number of nitro benzene ring substituents is 1. The lowest BCUT2D eigenvalue weighted by atomic mass is 9.96. The van der Waals surface area contributed by atoms with Crippen LogP contribution in [-0.4, -0.2) is 10.5 Å². The van der Waals surface area contributed by atoms with E-state index in [4.69, 9.17) is 4.74 Å². The molecule has 4 nitrogen and oxygen atoms in total. The summed E-state index contributed by atoms with van der Waals surface area (Å²) in [7, 11) is 0. The second kappa shape index (κ2) is 5.32. The average Bonchev–Trinajstić information content (AvgIpc) is 2.36. The van der Waals surface area contributed by atoms with Crippen LogP contribution in [0, 0.1) is 13.7 Å². The number of allylic oxidation sites excluding steroid dienone is 1. The smallest absolute Gasteiger partial charge is 0.293 e. The molecule has 5 heteroatoms. The molecule has 0 N–H and O–H groups in total. The first kappa shape index (κ1) is 14.0. The number of rotatable bonds is 3. The van der Waals surface area contributed by atoms with Gasteiger partial charge in [-0.25, -0.2) is 0 Å². The maximum atomic E-state index is 11.1. The van der Waals surface area contributed by atoms with Crippen molar-refractivity contribution in [1.29, 1.82) is 0 Å². The number of hydrogen-bond donors (Lipinski definition) is 0. The number of halogens is 1. The van der Waals surface area contributed by atoms with Crippen LogP contribution in [0.5, 0.6) is 5.75 Å². The Bertz CT molecular complexity index is 580. The first-order chi connectivity index (χ1) is 8.97. The van der Waals surface area contributed by atoms with Crippen molar-refractivity contribution in [3.05, 3.63) is 49.6 Å². The molecule has 0 bridgehead atoms. The van der Waals surface area contributed by atoms with E-state index in [1.54, 1.807) is 18.2 Å². The average molecular weight is 371 g/mol. The van der Waals surface area contributed by atoms with Gasteiger partial charge in [-0.2, -0.15) is 0 Å². The second-order valence-corrected chi connectivity index (χ2v) is 5.75. The van der Waals surface area contributed by atoms with Gasteiger partial charge < -0.3 is 4.74 Å². The third-order valence-corrected chi connectivity index (χ3v) is 3.89. The van der Waals surface area contributed by atoms with Gasteiger partial charge in [0.1, 0.15) is 11.4 Å². The van der Waals surface area contributed by atoms with Crippen molar-refractivity contribution in [2.45, 2.75) is 25.9 Å². The van der Waals surface area contributed by atoms with Crippen molar-refractivity contribution < 1.29 is 9.66 Å². The highest BCUT2D eigenvalue weighted by Crippen LogP contribution is 2.40. The summed E-state index contributed by atoms with van der Waals surface area (Å²) in [5, 5.41) is 11.1. The van der Waals surface area contributed by atoms with Gasteiger partial charge in [0.2, 0.25) is 0 Å². The van der Waals surface area contributed by atoms with E-state index >= 15 is 0 Å². The molecule has 0 fully saturated rings. The van der Waals surface area contributed by atoms with Crippen LogP contribution in [0.4, 0.5) is 5.69 Å². The van der Waals surface area contributed by atoms with Crippen LogP contribution in [0.15, 0.2) is 30.4 Å². The summed E-state index contributed by atoms with van der Waals surface area (Å²) in [6.07, 6.45) is 8.41. The molecule has 1 unspecified atom stereocenters. The lowest BCUT2D eigenvalue weighted by molar-refractivity contribution is -0.386. The predicted octanol–water partition coefficient (Wildman–Crippen LogP) is 4.33. The summed E-state index contributed by atoms with van der Waals surface area (Å²) in [4.78, 5) is 10.8. The minimum Gasteiger partial charge on any atom is -0.482 e. The van der Waals surface area contributed by atoms with Crippen LogP contribution in [-0.2, 0) is 0 Å². The van der Waals surface area contributed by atoms with Gasteiger partial charge in [-0.15, -0.1) is 0 Å². The third kappa shape index (κ3) is 2.80. The summed E-state index contributed by atoms with van der Waals surface area (Å²) in [6, 6.07) is 3.51. The van der Waals surface area contributed by atoms with Crippen LogP contribution in [0.3, 0.4) is 0 Å². The molecule has 0 saturated heterocycles. The van der Waals surface area contributed by atoms with Crippen LogP contribution in [0.25, 0.3) is 6.08 Å². The van der Waals surface area contributed by atoms with Crippen LogP contribution in [0.1, 0.15) is 25.8 Å². The number of fused-ring (bicyclic) bond motifs is 1. The van der Waals surface area contributed by atoms with Gasteiger partial charge in [-0.05, 0) is 60.7 Å². The van der Waals surface area contributed by atoms with E-state index in [0.29, 0.717) is 14.9 Å². The maximum Gasteiger partial charge on any atom is 0.293 e. The van der Waals surface area contributed by atoms with E-state index in [-0.39, 0.29) is 10.6 Å². The third-order valence-electron chi connectivity index (χ3n) is 3.01. The normalized spacial score (nSPS) is 21.2. The van der Waals surface area contributed by atoms with Crippen molar-refractivity contribution in [3.8, 4) is 5.75 Å². The summed E-state index contributed by atoms with van der Waals surface area (Å²) < 4.78 is 6.54. The molecule has 0 saturated carbocycles. The molecule has 1 aromatic carbocycles. The van der Waals surface area contributed by atoms with Gasteiger partial charge >= 0.3 is 0 Å². The number of benzene rings is 1. The van der Waals surface area contributed by atoms with Gasteiger partial charge in [0.05, 0.1) is 14.1 Å². The van der Waals surface area contributed by atoms with E-state index in [1.807, 2.05) is 54.7 Å². The van der Waals surface area contributed by atoms with Gasteiger partial charge in [-0.1, -0.05) is 12.2 Å². The molecule has 19 heavy (non-hydrogen) atoms. The van der Waals surface area contributed by atoms with E-state index in [1.165, 1.54) is 0 Å². The molecule has 0 aromatic heterocycles. The van der Waals surface area contributed by atoms with Crippen molar-refractivity contribution in [2.24, 2.45) is 0 Å². The Kier molecular flexibility index (Phi) is 3.93. The summed E-state index contributed by atoms with van der Waals surface area (Å²) in [5.74, 6) is 0.571. The largest absolute Gasteiger partial charge is 0.482 e. The number of ether oxygens (including phenoxy) is 1. The van der Waals surface area contributed by atoms with Gasteiger partial charge in [-0.3, -0.25) is 10.1 Å². The van der Waals surface area contributed by atoms with Crippen molar-refractivity contribution in [3.63, 3.8) is 0 Å². The number of nitro groups is 1. The Hall–Kier alpha value is -1.37. The molecule has 1 aromatic rings. The topological polar surface area (TPSA) is 52.4 Å². The summed E-state index contributed by atoms with van der Waals surface area (Å²) in [6.45, 7) is 3.92. The standard InChI is InChI=1S/C14H14INO3/c1-3-4-8-14(2)9-7-10-12(19-14)6-5-11(15)13(10)16(17)18/h3-7,9H,8H2,1-2H3. The summed E-state index contributed by atoms with van der Waals surface area (Å²) >= 11 is 1.97. The minimum absolute atomic E-state index is 0.113.